The molecular formula is C25H24FNO4S. The van der Waals surface area contributed by atoms with Crippen LogP contribution in [0.15, 0.2) is 65.6 Å². The molecule has 0 aromatic heterocycles. The molecule has 0 radical (unpaired) electrons. The Morgan fingerprint density at radius 1 is 1.25 bits per heavy atom. The summed E-state index contributed by atoms with van der Waals surface area (Å²) in [5.74, 6) is -0.0110. The van der Waals surface area contributed by atoms with Crippen molar-refractivity contribution in [3.8, 4) is 22.9 Å². The van der Waals surface area contributed by atoms with Gasteiger partial charge in [-0.15, -0.1) is 0 Å². The molecule has 1 saturated heterocycles. The summed E-state index contributed by atoms with van der Waals surface area (Å²) < 4.78 is 50.6. The van der Waals surface area contributed by atoms with Crippen molar-refractivity contribution in [1.82, 2.24) is 0 Å². The van der Waals surface area contributed by atoms with E-state index in [1.54, 1.807) is 18.2 Å². The topological polar surface area (TPSA) is 76.4 Å². The van der Waals surface area contributed by atoms with Crippen LogP contribution in [-0.2, 0) is 14.6 Å². The fraction of sp³-hybridized carbons (Fsp3) is 0.320. The van der Waals surface area contributed by atoms with E-state index in [-0.39, 0.29) is 23.3 Å². The number of hydrogen-bond acceptors (Lipinski definition) is 5. The average molecular weight is 454 g/mol. The van der Waals surface area contributed by atoms with Crippen LogP contribution in [0, 0.1) is 23.1 Å². The normalized spacial score (nSPS) is 20.3. The third kappa shape index (κ3) is 4.62. The fourth-order valence-corrected chi connectivity index (χ4v) is 5.94. The van der Waals surface area contributed by atoms with Gasteiger partial charge in [0.15, 0.2) is 9.84 Å². The third-order valence-electron chi connectivity index (χ3n) is 5.82. The molecule has 2 aromatic carbocycles. The Morgan fingerprint density at radius 3 is 2.66 bits per heavy atom. The molecule has 1 atom stereocenters. The van der Waals surface area contributed by atoms with Gasteiger partial charge in [-0.2, -0.15) is 5.26 Å². The van der Waals surface area contributed by atoms with Gasteiger partial charge >= 0.3 is 0 Å². The second-order valence-electron chi connectivity index (χ2n) is 8.00. The Morgan fingerprint density at radius 2 is 2.00 bits per heavy atom. The molecule has 166 valence electrons. The first-order valence-corrected chi connectivity index (χ1v) is 12.1. The monoisotopic (exact) mass is 453 g/mol. The maximum atomic E-state index is 13.4. The van der Waals surface area contributed by atoms with Gasteiger partial charge in [-0.3, -0.25) is 0 Å². The van der Waals surface area contributed by atoms with Crippen LogP contribution in [0.25, 0.3) is 11.1 Å². The van der Waals surface area contributed by atoms with E-state index in [4.69, 9.17) is 9.47 Å². The van der Waals surface area contributed by atoms with Crippen LogP contribution in [0.3, 0.4) is 0 Å². The number of allylic oxidation sites excluding steroid dienone is 1. The molecule has 0 unspecified atom stereocenters. The van der Waals surface area contributed by atoms with Crippen LogP contribution >= 0.6 is 0 Å². The molecule has 1 aliphatic carbocycles. The first-order valence-electron chi connectivity index (χ1n) is 10.5. The minimum Gasteiger partial charge on any atom is -0.493 e. The Kier molecular flexibility index (Phi) is 6.45. The standard InChI is InChI=1S/C25H24FNO4S/c1-2-25(32(28,29)22-8-9-22)24-11-12-30-15-19(24)16-31-21-6-3-17(4-7-21)23-10-5-20(26)13-18(23)14-27/h2-7,10,13,19,22H,1,8-9,11-12,15-16H2/b25-24+/t19-/m1/s1. The SMILES string of the molecule is C=C/C(=C1/CCOC[C@@H]1COc1ccc(-c2ccc(F)cc2C#N)cc1)S(=O)(=O)C1CC1. The highest BCUT2D eigenvalue weighted by atomic mass is 32.2. The summed E-state index contributed by atoms with van der Waals surface area (Å²) in [4.78, 5) is 0.340. The second kappa shape index (κ2) is 9.27. The number of nitriles is 1. The molecular weight excluding hydrogens is 429 g/mol. The molecule has 2 aliphatic rings. The largest absolute Gasteiger partial charge is 0.493 e. The molecule has 1 saturated carbocycles. The van der Waals surface area contributed by atoms with Crippen LogP contribution in [0.1, 0.15) is 24.8 Å². The quantitative estimate of drug-likeness (QED) is 0.602. The minimum absolute atomic E-state index is 0.174. The number of ether oxygens (including phenoxy) is 2. The highest BCUT2D eigenvalue weighted by Crippen LogP contribution is 2.37. The zero-order chi connectivity index (χ0) is 22.7. The van der Waals surface area contributed by atoms with Crippen LogP contribution in [0.2, 0.25) is 0 Å². The van der Waals surface area contributed by atoms with Crippen molar-refractivity contribution in [3.05, 3.63) is 77.0 Å². The van der Waals surface area contributed by atoms with Gasteiger partial charge in [0.2, 0.25) is 0 Å². The highest BCUT2D eigenvalue weighted by Gasteiger charge is 2.39. The molecule has 0 N–H and O–H groups in total. The van der Waals surface area contributed by atoms with Crippen molar-refractivity contribution >= 4 is 9.84 Å². The third-order valence-corrected chi connectivity index (χ3v) is 8.21. The molecule has 32 heavy (non-hydrogen) atoms. The van der Waals surface area contributed by atoms with Crippen LogP contribution in [0.4, 0.5) is 4.39 Å². The van der Waals surface area contributed by atoms with Crippen LogP contribution in [-0.4, -0.2) is 33.5 Å². The number of rotatable bonds is 7. The molecule has 4 rings (SSSR count). The maximum Gasteiger partial charge on any atom is 0.181 e. The Labute approximate surface area is 187 Å². The second-order valence-corrected chi connectivity index (χ2v) is 10.2. The first kappa shape index (κ1) is 22.3. The zero-order valence-electron chi connectivity index (χ0n) is 17.6. The number of benzene rings is 2. The average Bonchev–Trinajstić information content (AvgIpc) is 3.65. The molecule has 0 bridgehead atoms. The molecule has 2 fully saturated rings. The fourth-order valence-electron chi connectivity index (χ4n) is 3.96. The van der Waals surface area contributed by atoms with Crippen LogP contribution in [0.5, 0.6) is 5.75 Å². The van der Waals surface area contributed by atoms with Gasteiger partial charge in [0.05, 0.1) is 41.6 Å². The van der Waals surface area contributed by atoms with Crippen molar-refractivity contribution in [2.45, 2.75) is 24.5 Å². The zero-order valence-corrected chi connectivity index (χ0v) is 18.4. The van der Waals surface area contributed by atoms with Crippen molar-refractivity contribution in [2.24, 2.45) is 5.92 Å². The minimum atomic E-state index is -3.34. The van der Waals surface area contributed by atoms with Crippen molar-refractivity contribution in [1.29, 1.82) is 5.26 Å². The van der Waals surface area contributed by atoms with E-state index in [0.717, 1.165) is 11.1 Å². The van der Waals surface area contributed by atoms with Gasteiger partial charge in [-0.1, -0.05) is 30.9 Å². The maximum absolute atomic E-state index is 13.4. The molecule has 0 spiro atoms. The van der Waals surface area contributed by atoms with Crippen molar-refractivity contribution < 1.29 is 22.3 Å². The van der Waals surface area contributed by atoms with E-state index in [0.29, 0.717) is 48.7 Å². The number of hydrogen-bond donors (Lipinski definition) is 0. The van der Waals surface area contributed by atoms with E-state index in [1.165, 1.54) is 18.2 Å². The number of halogens is 1. The van der Waals surface area contributed by atoms with Crippen LogP contribution < -0.4 is 4.74 Å². The first-order chi connectivity index (χ1) is 15.4. The van der Waals surface area contributed by atoms with E-state index < -0.39 is 15.7 Å². The summed E-state index contributed by atoms with van der Waals surface area (Å²) in [5.41, 5.74) is 2.52. The van der Waals surface area contributed by atoms with Gasteiger partial charge in [-0.25, -0.2) is 12.8 Å². The number of nitrogens with zero attached hydrogens (tertiary/aromatic N) is 1. The Hall–Kier alpha value is -2.95. The summed E-state index contributed by atoms with van der Waals surface area (Å²) in [6.07, 6.45) is 3.42. The summed E-state index contributed by atoms with van der Waals surface area (Å²) in [7, 11) is -3.34. The molecule has 0 amide bonds. The lowest BCUT2D eigenvalue weighted by atomic mass is 9.95. The lowest BCUT2D eigenvalue weighted by Gasteiger charge is -2.27. The lowest BCUT2D eigenvalue weighted by Crippen LogP contribution is -2.28. The molecule has 5 nitrogen and oxygen atoms in total. The Balaban J connectivity index is 1.51. The molecule has 2 aromatic rings. The highest BCUT2D eigenvalue weighted by molar-refractivity contribution is 7.96. The Bertz CT molecular complexity index is 1190. The molecule has 7 heteroatoms. The van der Waals surface area contributed by atoms with Gasteiger partial charge in [-0.05, 0) is 60.2 Å². The van der Waals surface area contributed by atoms with E-state index >= 15 is 0 Å². The van der Waals surface area contributed by atoms with Gasteiger partial charge in [0, 0.05) is 5.92 Å². The summed E-state index contributed by atoms with van der Waals surface area (Å²) in [5, 5.41) is 8.98. The summed E-state index contributed by atoms with van der Waals surface area (Å²) in [6, 6.07) is 13.3. The van der Waals surface area contributed by atoms with E-state index in [9.17, 15) is 18.1 Å². The number of sulfone groups is 1. The van der Waals surface area contributed by atoms with Gasteiger partial charge in [0.1, 0.15) is 11.6 Å². The van der Waals surface area contributed by atoms with Gasteiger partial charge in [0.25, 0.3) is 0 Å². The van der Waals surface area contributed by atoms with Crippen molar-refractivity contribution in [3.63, 3.8) is 0 Å². The van der Waals surface area contributed by atoms with Crippen molar-refractivity contribution in [2.75, 3.05) is 19.8 Å². The smallest absolute Gasteiger partial charge is 0.181 e. The van der Waals surface area contributed by atoms with Gasteiger partial charge < -0.3 is 9.47 Å². The molecule has 1 heterocycles. The molecule has 1 aliphatic heterocycles. The summed E-state index contributed by atoms with van der Waals surface area (Å²) >= 11 is 0. The van der Waals surface area contributed by atoms with E-state index in [1.807, 2.05) is 18.2 Å². The summed E-state index contributed by atoms with van der Waals surface area (Å²) in [6.45, 7) is 4.92. The predicted octanol–water partition coefficient (Wildman–Crippen LogP) is 4.80. The lowest BCUT2D eigenvalue weighted by molar-refractivity contribution is 0.0651. The predicted molar refractivity (Wildman–Crippen MR) is 120 cm³/mol. The van der Waals surface area contributed by atoms with E-state index in [2.05, 4.69) is 6.58 Å².